The van der Waals surface area contributed by atoms with Gasteiger partial charge in [0.1, 0.15) is 0 Å². The van der Waals surface area contributed by atoms with Gasteiger partial charge < -0.3 is 10.4 Å². The summed E-state index contributed by atoms with van der Waals surface area (Å²) in [6.45, 7) is 7.68. The van der Waals surface area contributed by atoms with E-state index in [1.54, 1.807) is 0 Å². The Morgan fingerprint density at radius 1 is 1.38 bits per heavy atom. The van der Waals surface area contributed by atoms with E-state index in [-0.39, 0.29) is 17.9 Å². The molecule has 16 heavy (non-hydrogen) atoms. The van der Waals surface area contributed by atoms with Crippen molar-refractivity contribution in [2.24, 2.45) is 17.3 Å². The van der Waals surface area contributed by atoms with Gasteiger partial charge in [-0.2, -0.15) is 0 Å². The molecule has 1 aliphatic carbocycles. The number of carboxylic acids is 1. The third-order valence-electron chi connectivity index (χ3n) is 3.49. The predicted molar refractivity (Wildman–Crippen MR) is 60.9 cm³/mol. The highest BCUT2D eigenvalue weighted by molar-refractivity contribution is 5.91. The van der Waals surface area contributed by atoms with Crippen LogP contribution in [0.3, 0.4) is 0 Å². The lowest BCUT2D eigenvalue weighted by molar-refractivity contribution is -0.140. The molecule has 1 amide bonds. The number of rotatable bonds is 5. The minimum Gasteiger partial charge on any atom is -0.481 e. The minimum atomic E-state index is -0.867. The second-order valence-corrected chi connectivity index (χ2v) is 5.31. The summed E-state index contributed by atoms with van der Waals surface area (Å²) in [4.78, 5) is 22.8. The maximum absolute atomic E-state index is 11.8. The molecular weight excluding hydrogens is 206 g/mol. The highest BCUT2D eigenvalue weighted by Crippen LogP contribution is 2.58. The molecule has 0 spiro atoms. The van der Waals surface area contributed by atoms with Gasteiger partial charge >= 0.3 is 5.97 Å². The minimum absolute atomic E-state index is 0.113. The van der Waals surface area contributed by atoms with E-state index in [4.69, 9.17) is 5.11 Å². The molecule has 3 unspecified atom stereocenters. The maximum atomic E-state index is 11.8. The van der Waals surface area contributed by atoms with Gasteiger partial charge in [-0.05, 0) is 18.8 Å². The average molecular weight is 227 g/mol. The van der Waals surface area contributed by atoms with Crippen molar-refractivity contribution in [3.05, 3.63) is 0 Å². The lowest BCUT2D eigenvalue weighted by Gasteiger charge is -2.13. The van der Waals surface area contributed by atoms with Gasteiger partial charge in [0.05, 0.1) is 11.8 Å². The number of nitrogens with one attached hydrogen (secondary N) is 1. The van der Waals surface area contributed by atoms with Gasteiger partial charge in [-0.15, -0.1) is 0 Å². The Hall–Kier alpha value is -1.06. The van der Waals surface area contributed by atoms with E-state index in [1.165, 1.54) is 0 Å². The molecule has 0 radical (unpaired) electrons. The molecule has 1 rings (SSSR count). The average Bonchev–Trinajstić information content (AvgIpc) is 2.69. The first-order chi connectivity index (χ1) is 7.32. The number of carbonyl (C=O) groups is 2. The summed E-state index contributed by atoms with van der Waals surface area (Å²) in [6.07, 6.45) is 1.94. The molecule has 0 aliphatic heterocycles. The number of hydrogen-bond donors (Lipinski definition) is 2. The van der Waals surface area contributed by atoms with Crippen LogP contribution in [0.1, 0.15) is 40.5 Å². The van der Waals surface area contributed by atoms with Crippen LogP contribution < -0.4 is 5.32 Å². The van der Waals surface area contributed by atoms with Crippen molar-refractivity contribution in [2.75, 3.05) is 0 Å². The molecule has 2 N–H and O–H groups in total. The summed E-state index contributed by atoms with van der Waals surface area (Å²) in [5.41, 5.74) is -0.401. The highest BCUT2D eigenvalue weighted by Gasteiger charge is 2.65. The summed E-state index contributed by atoms with van der Waals surface area (Å²) in [7, 11) is 0. The van der Waals surface area contributed by atoms with Crippen LogP contribution in [0.15, 0.2) is 0 Å². The molecule has 1 fully saturated rings. The molecule has 0 aromatic rings. The van der Waals surface area contributed by atoms with Crippen molar-refractivity contribution in [1.82, 2.24) is 5.32 Å². The Bertz CT molecular complexity index is 299. The zero-order valence-electron chi connectivity index (χ0n) is 10.4. The molecule has 0 bridgehead atoms. The summed E-state index contributed by atoms with van der Waals surface area (Å²) in [5.74, 6) is -1.88. The van der Waals surface area contributed by atoms with Crippen molar-refractivity contribution in [3.63, 3.8) is 0 Å². The maximum Gasteiger partial charge on any atom is 0.307 e. The van der Waals surface area contributed by atoms with Gasteiger partial charge in [0.25, 0.3) is 0 Å². The van der Waals surface area contributed by atoms with Crippen molar-refractivity contribution in [1.29, 1.82) is 0 Å². The van der Waals surface area contributed by atoms with Crippen LogP contribution in [0.4, 0.5) is 0 Å². The molecule has 4 nitrogen and oxygen atoms in total. The third-order valence-corrected chi connectivity index (χ3v) is 3.49. The first kappa shape index (κ1) is 13.0. The van der Waals surface area contributed by atoms with Crippen molar-refractivity contribution in [3.8, 4) is 0 Å². The van der Waals surface area contributed by atoms with Crippen LogP contribution >= 0.6 is 0 Å². The van der Waals surface area contributed by atoms with Gasteiger partial charge in [0.15, 0.2) is 0 Å². The number of hydrogen-bond acceptors (Lipinski definition) is 2. The fraction of sp³-hybridized carbons (Fsp3) is 0.833. The second-order valence-electron chi connectivity index (χ2n) is 5.31. The Morgan fingerprint density at radius 2 is 1.94 bits per heavy atom. The summed E-state index contributed by atoms with van der Waals surface area (Å²) >= 11 is 0. The van der Waals surface area contributed by atoms with Gasteiger partial charge in [-0.25, -0.2) is 0 Å². The third kappa shape index (κ3) is 2.36. The lowest BCUT2D eigenvalue weighted by atomic mass is 10.1. The molecule has 1 saturated carbocycles. The number of aliphatic carboxylic acids is 1. The largest absolute Gasteiger partial charge is 0.481 e. The topological polar surface area (TPSA) is 66.4 Å². The first-order valence-corrected chi connectivity index (χ1v) is 5.85. The standard InChI is InChI=1S/C12H21NO3/c1-5-6-7(2)13-10(14)8-9(11(15)16)12(8,3)4/h7-9H,5-6H2,1-4H3,(H,13,14)(H,15,16). The lowest BCUT2D eigenvalue weighted by Crippen LogP contribution is -2.34. The van der Waals surface area contributed by atoms with E-state index in [2.05, 4.69) is 12.2 Å². The van der Waals surface area contributed by atoms with E-state index in [9.17, 15) is 9.59 Å². The van der Waals surface area contributed by atoms with E-state index < -0.39 is 17.3 Å². The second kappa shape index (κ2) is 4.44. The number of amides is 1. The fourth-order valence-electron chi connectivity index (χ4n) is 2.43. The zero-order chi connectivity index (χ0) is 12.5. The van der Waals surface area contributed by atoms with Crippen molar-refractivity contribution in [2.45, 2.75) is 46.6 Å². The van der Waals surface area contributed by atoms with E-state index in [1.807, 2.05) is 20.8 Å². The monoisotopic (exact) mass is 227 g/mol. The molecule has 4 heteroatoms. The quantitative estimate of drug-likeness (QED) is 0.750. The van der Waals surface area contributed by atoms with Gasteiger partial charge in [-0.1, -0.05) is 27.2 Å². The molecule has 0 aromatic heterocycles. The van der Waals surface area contributed by atoms with Crippen LogP contribution in [0.2, 0.25) is 0 Å². The van der Waals surface area contributed by atoms with E-state index >= 15 is 0 Å². The van der Waals surface area contributed by atoms with Crippen LogP contribution in [-0.4, -0.2) is 23.0 Å². The molecule has 3 atom stereocenters. The highest BCUT2D eigenvalue weighted by atomic mass is 16.4. The Labute approximate surface area is 96.4 Å². The number of carboxylic acid groups (broad SMARTS) is 1. The zero-order valence-corrected chi connectivity index (χ0v) is 10.4. The molecule has 0 aromatic carbocycles. The molecule has 92 valence electrons. The predicted octanol–water partition coefficient (Wildman–Crippen LogP) is 1.65. The van der Waals surface area contributed by atoms with Crippen LogP contribution in [-0.2, 0) is 9.59 Å². The Morgan fingerprint density at radius 3 is 2.31 bits per heavy atom. The summed E-state index contributed by atoms with van der Waals surface area (Å²) in [5, 5.41) is 11.8. The number of carbonyl (C=O) groups excluding carboxylic acids is 1. The van der Waals surface area contributed by atoms with Crippen LogP contribution in [0.5, 0.6) is 0 Å². The Kier molecular flexibility index (Phi) is 3.61. The van der Waals surface area contributed by atoms with Crippen molar-refractivity contribution < 1.29 is 14.7 Å². The summed E-state index contributed by atoms with van der Waals surface area (Å²) < 4.78 is 0. The van der Waals surface area contributed by atoms with Crippen LogP contribution in [0, 0.1) is 17.3 Å². The normalized spacial score (nSPS) is 28.2. The van der Waals surface area contributed by atoms with E-state index in [0.717, 1.165) is 12.8 Å². The first-order valence-electron chi connectivity index (χ1n) is 5.85. The smallest absolute Gasteiger partial charge is 0.307 e. The summed E-state index contributed by atoms with van der Waals surface area (Å²) in [6, 6.07) is 0.128. The molecule has 1 aliphatic rings. The van der Waals surface area contributed by atoms with Gasteiger partial charge in [0.2, 0.25) is 5.91 Å². The van der Waals surface area contributed by atoms with Gasteiger partial charge in [0, 0.05) is 6.04 Å². The van der Waals surface area contributed by atoms with Crippen molar-refractivity contribution >= 4 is 11.9 Å². The molecule has 0 saturated heterocycles. The SMILES string of the molecule is CCCC(C)NC(=O)C1C(C(=O)O)C1(C)C. The fourth-order valence-corrected chi connectivity index (χ4v) is 2.43. The van der Waals surface area contributed by atoms with E-state index in [0.29, 0.717) is 0 Å². The molecular formula is C12H21NO3. The Balaban J connectivity index is 2.54. The van der Waals surface area contributed by atoms with Gasteiger partial charge in [-0.3, -0.25) is 9.59 Å². The van der Waals surface area contributed by atoms with Crippen LogP contribution in [0.25, 0.3) is 0 Å². The molecule has 0 heterocycles.